The van der Waals surface area contributed by atoms with Crippen molar-refractivity contribution < 1.29 is 14.6 Å². The quantitative estimate of drug-likeness (QED) is 0.564. The van der Waals surface area contributed by atoms with Crippen LogP contribution in [-0.4, -0.2) is 46.7 Å². The summed E-state index contributed by atoms with van der Waals surface area (Å²) in [5.74, 6) is 4.48. The molecule has 0 spiro atoms. The van der Waals surface area contributed by atoms with Gasteiger partial charge in [0.25, 0.3) is 0 Å². The maximum atomic E-state index is 11.9. The zero-order valence-electron chi connectivity index (χ0n) is 22.9. The standard InChI is InChI=1S/C29H49N3O3/c1-7-19-23-16-18(33)12-14-29(23,4)22-13-15-28(3)20(9-10-21(28)25(22)26(19)34)17(2)8-11-24-30-31-27(35-24)32(5)6/h17-23,25-26,33-34H,7-16H2,1-6H3/t17-,18-,19-,20-,21+,22+,23+,25+,26-,28-,29-/m1/s1. The molecule has 0 aromatic carbocycles. The van der Waals surface area contributed by atoms with Crippen molar-refractivity contribution in [2.75, 3.05) is 19.0 Å². The van der Waals surface area contributed by atoms with Crippen molar-refractivity contribution >= 4 is 6.01 Å². The number of nitrogens with zero attached hydrogens (tertiary/aromatic N) is 3. The molecule has 5 rings (SSSR count). The zero-order valence-corrected chi connectivity index (χ0v) is 22.9. The van der Waals surface area contributed by atoms with Gasteiger partial charge in [0.2, 0.25) is 5.89 Å². The first-order chi connectivity index (χ1) is 16.6. The number of rotatable bonds is 6. The predicted octanol–water partition coefficient (Wildman–Crippen LogP) is 5.33. The highest BCUT2D eigenvalue weighted by atomic mass is 16.4. The van der Waals surface area contributed by atoms with E-state index in [9.17, 15) is 10.2 Å². The second kappa shape index (κ2) is 9.31. The molecule has 198 valence electrons. The number of anilines is 1. The summed E-state index contributed by atoms with van der Waals surface area (Å²) in [4.78, 5) is 1.86. The topological polar surface area (TPSA) is 82.6 Å². The van der Waals surface area contributed by atoms with Gasteiger partial charge in [0, 0.05) is 20.5 Å². The molecule has 4 aliphatic carbocycles. The van der Waals surface area contributed by atoms with Crippen molar-refractivity contribution in [2.24, 2.45) is 52.3 Å². The fourth-order valence-corrected chi connectivity index (χ4v) is 10.0. The van der Waals surface area contributed by atoms with E-state index in [0.29, 0.717) is 52.9 Å². The van der Waals surface area contributed by atoms with Crippen molar-refractivity contribution in [1.82, 2.24) is 10.2 Å². The van der Waals surface area contributed by atoms with E-state index >= 15 is 0 Å². The Morgan fingerprint density at radius 2 is 1.71 bits per heavy atom. The first-order valence-corrected chi connectivity index (χ1v) is 14.5. The molecule has 0 radical (unpaired) electrons. The number of aliphatic hydroxyl groups is 2. The number of hydrogen-bond acceptors (Lipinski definition) is 6. The first-order valence-electron chi connectivity index (χ1n) is 14.5. The molecular formula is C29H49N3O3. The fourth-order valence-electron chi connectivity index (χ4n) is 10.0. The molecule has 0 bridgehead atoms. The van der Waals surface area contributed by atoms with Gasteiger partial charge in [-0.3, -0.25) is 0 Å². The SMILES string of the molecule is CC[C@H]1[C@@H](O)[C@@H]2[C@H](CC[C@]3(C)[C@@H]([C@H](C)CCc4nnc(N(C)C)o4)CC[C@@H]23)[C@@]2(C)CC[C@@H](O)C[C@@H]12. The Morgan fingerprint density at radius 1 is 1.00 bits per heavy atom. The summed E-state index contributed by atoms with van der Waals surface area (Å²) in [6, 6.07) is 0.581. The summed E-state index contributed by atoms with van der Waals surface area (Å²) >= 11 is 0. The average molecular weight is 488 g/mol. The first kappa shape index (κ1) is 25.5. The molecule has 6 heteroatoms. The summed E-state index contributed by atoms with van der Waals surface area (Å²) in [7, 11) is 3.85. The molecule has 0 amide bonds. The van der Waals surface area contributed by atoms with E-state index in [1.54, 1.807) is 0 Å². The minimum atomic E-state index is -0.213. The summed E-state index contributed by atoms with van der Waals surface area (Å²) in [6.45, 7) is 9.78. The van der Waals surface area contributed by atoms with Crippen LogP contribution in [0.15, 0.2) is 4.42 Å². The number of aliphatic hydroxyl groups excluding tert-OH is 2. The van der Waals surface area contributed by atoms with E-state index in [0.717, 1.165) is 44.4 Å². The van der Waals surface area contributed by atoms with E-state index in [-0.39, 0.29) is 17.6 Å². The van der Waals surface area contributed by atoms with Gasteiger partial charge in [-0.25, -0.2) is 0 Å². The lowest BCUT2D eigenvalue weighted by molar-refractivity contribution is -0.203. The predicted molar refractivity (Wildman–Crippen MR) is 138 cm³/mol. The molecule has 2 N–H and O–H groups in total. The summed E-state index contributed by atoms with van der Waals surface area (Å²) < 4.78 is 5.82. The van der Waals surface area contributed by atoms with Gasteiger partial charge in [0.05, 0.1) is 12.2 Å². The van der Waals surface area contributed by atoms with Crippen molar-refractivity contribution in [3.63, 3.8) is 0 Å². The van der Waals surface area contributed by atoms with Crippen molar-refractivity contribution in [3.05, 3.63) is 5.89 Å². The maximum Gasteiger partial charge on any atom is 0.317 e. The van der Waals surface area contributed by atoms with Crippen molar-refractivity contribution in [3.8, 4) is 0 Å². The minimum Gasteiger partial charge on any atom is -0.408 e. The summed E-state index contributed by atoms with van der Waals surface area (Å²) in [5, 5.41) is 30.8. The van der Waals surface area contributed by atoms with Gasteiger partial charge < -0.3 is 19.5 Å². The van der Waals surface area contributed by atoms with Gasteiger partial charge >= 0.3 is 6.01 Å². The van der Waals surface area contributed by atoms with Gasteiger partial charge in [0.1, 0.15) is 0 Å². The number of aromatic nitrogens is 2. The number of hydrogen-bond donors (Lipinski definition) is 2. The van der Waals surface area contributed by atoms with E-state index < -0.39 is 0 Å². The molecule has 4 fully saturated rings. The molecule has 11 atom stereocenters. The second-order valence-corrected chi connectivity index (χ2v) is 13.5. The van der Waals surface area contributed by atoms with Gasteiger partial charge in [-0.1, -0.05) is 39.2 Å². The number of aryl methyl sites for hydroxylation is 1. The largest absolute Gasteiger partial charge is 0.408 e. The van der Waals surface area contributed by atoms with Crippen molar-refractivity contribution in [2.45, 2.75) is 104 Å². The second-order valence-electron chi connectivity index (χ2n) is 13.5. The van der Waals surface area contributed by atoms with Crippen molar-refractivity contribution in [1.29, 1.82) is 0 Å². The third kappa shape index (κ3) is 4.05. The third-order valence-corrected chi connectivity index (χ3v) is 11.8. The molecule has 0 aliphatic heterocycles. The van der Waals surface area contributed by atoms with Crippen LogP contribution >= 0.6 is 0 Å². The smallest absolute Gasteiger partial charge is 0.317 e. The lowest BCUT2D eigenvalue weighted by Gasteiger charge is -2.64. The highest BCUT2D eigenvalue weighted by Crippen LogP contribution is 2.69. The normalized spacial score (nSPS) is 45.9. The van der Waals surface area contributed by atoms with Gasteiger partial charge in [-0.15, -0.1) is 5.10 Å². The van der Waals surface area contributed by atoms with Crippen LogP contribution in [0.2, 0.25) is 0 Å². The molecule has 0 saturated heterocycles. The fraction of sp³-hybridized carbons (Fsp3) is 0.931. The van der Waals surface area contributed by atoms with Crippen LogP contribution < -0.4 is 4.90 Å². The lowest BCUT2D eigenvalue weighted by atomic mass is 9.41. The van der Waals surface area contributed by atoms with Crippen LogP contribution in [0, 0.1) is 52.3 Å². The van der Waals surface area contributed by atoms with Crippen LogP contribution in [0.25, 0.3) is 0 Å². The van der Waals surface area contributed by atoms with Gasteiger partial charge in [0.15, 0.2) is 0 Å². The molecule has 6 nitrogen and oxygen atoms in total. The monoisotopic (exact) mass is 487 g/mol. The molecular weight excluding hydrogens is 438 g/mol. The molecule has 1 aromatic rings. The highest BCUT2D eigenvalue weighted by molar-refractivity contribution is 5.19. The Kier molecular flexibility index (Phi) is 6.78. The number of fused-ring (bicyclic) bond motifs is 5. The van der Waals surface area contributed by atoms with Gasteiger partial charge in [-0.05, 0) is 104 Å². The molecule has 1 heterocycles. The lowest BCUT2D eigenvalue weighted by Crippen LogP contribution is -2.62. The molecule has 4 aliphatic rings. The van der Waals surface area contributed by atoms with Crippen LogP contribution in [0.5, 0.6) is 0 Å². The van der Waals surface area contributed by atoms with E-state index in [1.165, 1.54) is 25.7 Å². The Bertz CT molecular complexity index is 888. The van der Waals surface area contributed by atoms with E-state index in [2.05, 4.69) is 37.9 Å². The third-order valence-electron chi connectivity index (χ3n) is 11.8. The Hall–Kier alpha value is -1.14. The van der Waals surface area contributed by atoms with E-state index in [1.807, 2.05) is 19.0 Å². The molecule has 35 heavy (non-hydrogen) atoms. The summed E-state index contributed by atoms with van der Waals surface area (Å²) in [5.41, 5.74) is 0.581. The van der Waals surface area contributed by atoms with Gasteiger partial charge in [-0.2, -0.15) is 0 Å². The molecule has 0 unspecified atom stereocenters. The Balaban J connectivity index is 1.33. The van der Waals surface area contributed by atoms with Crippen LogP contribution in [0.1, 0.15) is 91.4 Å². The van der Waals surface area contributed by atoms with Crippen LogP contribution in [0.4, 0.5) is 6.01 Å². The summed E-state index contributed by atoms with van der Waals surface area (Å²) in [6.07, 6.45) is 10.6. The highest BCUT2D eigenvalue weighted by Gasteiger charge is 2.64. The zero-order chi connectivity index (χ0) is 25.1. The van der Waals surface area contributed by atoms with Crippen LogP contribution in [-0.2, 0) is 6.42 Å². The average Bonchev–Trinajstić information content (AvgIpc) is 3.43. The molecule has 4 saturated carbocycles. The Labute approximate surface area is 212 Å². The minimum absolute atomic E-state index is 0.177. The van der Waals surface area contributed by atoms with E-state index in [4.69, 9.17) is 4.42 Å². The molecule has 1 aromatic heterocycles. The van der Waals surface area contributed by atoms with Crippen LogP contribution in [0.3, 0.4) is 0 Å². The Morgan fingerprint density at radius 3 is 2.40 bits per heavy atom. The maximum absolute atomic E-state index is 11.9.